The van der Waals surface area contributed by atoms with Crippen LogP contribution in [0.4, 0.5) is 0 Å². The van der Waals surface area contributed by atoms with Crippen LogP contribution in [0.3, 0.4) is 0 Å². The van der Waals surface area contributed by atoms with Gasteiger partial charge in [-0.3, -0.25) is 9.36 Å². The molecule has 5 aromatic rings. The molecular weight excluding hydrogens is 488 g/mol. The maximum atomic E-state index is 12.0. The van der Waals surface area contributed by atoms with Gasteiger partial charge in [0.1, 0.15) is 11.6 Å². The number of imidazole rings is 1. The highest BCUT2D eigenvalue weighted by Gasteiger charge is 2.27. The molecule has 0 amide bonds. The van der Waals surface area contributed by atoms with Gasteiger partial charge in [0.15, 0.2) is 6.29 Å². The number of aromatic carboxylic acids is 1. The molecule has 0 bridgehead atoms. The van der Waals surface area contributed by atoms with Gasteiger partial charge in [-0.2, -0.15) is 0 Å². The minimum atomic E-state index is -1.02. The van der Waals surface area contributed by atoms with E-state index in [0.717, 1.165) is 22.4 Å². The number of nitrogens with zero attached hydrogens (tertiary/aromatic N) is 2. The number of carboxylic acids is 1. The lowest BCUT2D eigenvalue weighted by Gasteiger charge is -2.22. The lowest BCUT2D eigenvalue weighted by molar-refractivity contribution is 0.0696. The van der Waals surface area contributed by atoms with Crippen molar-refractivity contribution in [2.75, 3.05) is 0 Å². The van der Waals surface area contributed by atoms with E-state index in [1.807, 2.05) is 92.1 Å². The van der Waals surface area contributed by atoms with E-state index in [4.69, 9.17) is 4.98 Å². The summed E-state index contributed by atoms with van der Waals surface area (Å²) in [5.74, 6) is -0.750. The Morgan fingerprint density at radius 2 is 1.44 bits per heavy atom. The fourth-order valence-electron chi connectivity index (χ4n) is 4.62. The molecule has 194 valence electrons. The van der Waals surface area contributed by atoms with E-state index < -0.39 is 5.97 Å². The predicted octanol–water partition coefficient (Wildman–Crippen LogP) is 7.39. The molecule has 0 fully saturated rings. The molecule has 0 aliphatic rings. The number of rotatable bonds is 6. The van der Waals surface area contributed by atoms with Gasteiger partial charge in [-0.25, -0.2) is 9.78 Å². The number of aromatic nitrogens is 2. The molecule has 0 saturated carbocycles. The van der Waals surface area contributed by atoms with E-state index in [-0.39, 0.29) is 22.3 Å². The van der Waals surface area contributed by atoms with E-state index in [1.54, 1.807) is 30.3 Å². The third kappa shape index (κ3) is 4.84. The SMILES string of the molecule is CC(C)(C)c1cc(C=O)c(O)c(-c2nc(-c3ccccc3)c(-c3ccccc3)n2-c2ccc(C(=O)O)cc2)c1. The summed E-state index contributed by atoms with van der Waals surface area (Å²) in [5.41, 5.74) is 5.20. The normalized spacial score (nSPS) is 11.4. The molecule has 1 heterocycles. The van der Waals surface area contributed by atoms with Crippen LogP contribution in [0.25, 0.3) is 39.6 Å². The average molecular weight is 517 g/mol. The largest absolute Gasteiger partial charge is 0.506 e. The number of phenols is 1. The first kappa shape index (κ1) is 25.7. The Hall–Kier alpha value is -4.97. The zero-order valence-electron chi connectivity index (χ0n) is 21.9. The van der Waals surface area contributed by atoms with Gasteiger partial charge in [-0.05, 0) is 47.4 Å². The number of carbonyl (C=O) groups excluding carboxylic acids is 1. The second-order valence-corrected chi connectivity index (χ2v) is 10.4. The summed E-state index contributed by atoms with van der Waals surface area (Å²) in [6, 6.07) is 29.6. The third-order valence-electron chi connectivity index (χ3n) is 6.72. The number of hydrogen-bond acceptors (Lipinski definition) is 4. The van der Waals surface area contributed by atoms with E-state index >= 15 is 0 Å². The van der Waals surface area contributed by atoms with Crippen molar-refractivity contribution in [3.8, 4) is 45.3 Å². The van der Waals surface area contributed by atoms with Gasteiger partial charge in [0.05, 0.1) is 28.1 Å². The zero-order chi connectivity index (χ0) is 27.7. The van der Waals surface area contributed by atoms with Crippen molar-refractivity contribution in [2.45, 2.75) is 26.2 Å². The maximum Gasteiger partial charge on any atom is 0.335 e. The number of hydrogen-bond donors (Lipinski definition) is 2. The van der Waals surface area contributed by atoms with Gasteiger partial charge >= 0.3 is 5.97 Å². The van der Waals surface area contributed by atoms with Crippen LogP contribution >= 0.6 is 0 Å². The van der Waals surface area contributed by atoms with Crippen molar-refractivity contribution < 1.29 is 19.8 Å². The summed E-state index contributed by atoms with van der Waals surface area (Å²) >= 11 is 0. The van der Waals surface area contributed by atoms with Crippen LogP contribution in [0, 0.1) is 0 Å². The van der Waals surface area contributed by atoms with Crippen LogP contribution in [-0.2, 0) is 5.41 Å². The Balaban J connectivity index is 1.93. The van der Waals surface area contributed by atoms with Gasteiger partial charge in [0.25, 0.3) is 0 Å². The van der Waals surface area contributed by atoms with Crippen molar-refractivity contribution in [3.05, 3.63) is 114 Å². The Morgan fingerprint density at radius 1 is 0.846 bits per heavy atom. The van der Waals surface area contributed by atoms with Gasteiger partial charge in [-0.15, -0.1) is 0 Å². The summed E-state index contributed by atoms with van der Waals surface area (Å²) in [7, 11) is 0. The molecule has 0 aliphatic carbocycles. The highest BCUT2D eigenvalue weighted by atomic mass is 16.4. The summed E-state index contributed by atoms with van der Waals surface area (Å²) in [4.78, 5) is 28.7. The molecule has 0 unspecified atom stereocenters. The molecule has 0 atom stereocenters. The lowest BCUT2D eigenvalue weighted by atomic mass is 9.84. The molecular formula is C33H28N2O4. The lowest BCUT2D eigenvalue weighted by Crippen LogP contribution is -2.12. The minimum Gasteiger partial charge on any atom is -0.506 e. The van der Waals surface area contributed by atoms with Crippen molar-refractivity contribution in [1.82, 2.24) is 9.55 Å². The summed E-state index contributed by atoms with van der Waals surface area (Å²) < 4.78 is 1.92. The van der Waals surface area contributed by atoms with E-state index in [0.29, 0.717) is 29.1 Å². The standard InChI is InChI=1S/C33H28N2O4/c1-33(2,3)25-18-24(20-36)30(37)27(19-25)31-34-28(21-10-6-4-7-11-21)29(22-12-8-5-9-13-22)35(31)26-16-14-23(15-17-26)32(38)39/h4-20,37H,1-3H3,(H,38,39). The molecule has 0 aliphatic heterocycles. The van der Waals surface area contributed by atoms with Crippen molar-refractivity contribution >= 4 is 12.3 Å². The van der Waals surface area contributed by atoms with Gasteiger partial charge in [-0.1, -0.05) is 81.4 Å². The Bertz CT molecular complexity index is 1660. The van der Waals surface area contributed by atoms with Crippen LogP contribution in [0.5, 0.6) is 5.75 Å². The van der Waals surface area contributed by atoms with Crippen molar-refractivity contribution in [2.24, 2.45) is 0 Å². The van der Waals surface area contributed by atoms with Crippen molar-refractivity contribution in [3.63, 3.8) is 0 Å². The Labute approximate surface area is 226 Å². The van der Waals surface area contributed by atoms with E-state index in [1.165, 1.54) is 0 Å². The van der Waals surface area contributed by atoms with E-state index in [9.17, 15) is 19.8 Å². The highest BCUT2D eigenvalue weighted by Crippen LogP contribution is 2.43. The molecule has 39 heavy (non-hydrogen) atoms. The minimum absolute atomic E-state index is 0.158. The number of phenolic OH excluding ortho intramolecular Hbond substituents is 1. The topological polar surface area (TPSA) is 92.4 Å². The van der Waals surface area contributed by atoms with Crippen LogP contribution in [0.15, 0.2) is 97.1 Å². The quantitative estimate of drug-likeness (QED) is 0.230. The first-order valence-electron chi connectivity index (χ1n) is 12.6. The fourth-order valence-corrected chi connectivity index (χ4v) is 4.62. The summed E-state index contributed by atoms with van der Waals surface area (Å²) in [6.45, 7) is 6.12. The van der Waals surface area contributed by atoms with Gasteiger partial charge in [0, 0.05) is 16.8 Å². The molecule has 2 N–H and O–H groups in total. The van der Waals surface area contributed by atoms with Crippen molar-refractivity contribution in [1.29, 1.82) is 0 Å². The molecule has 1 aromatic heterocycles. The number of carboxylic acid groups (broad SMARTS) is 1. The Kier molecular flexibility index (Phi) is 6.62. The molecule has 0 spiro atoms. The molecule has 0 radical (unpaired) electrons. The average Bonchev–Trinajstić information content (AvgIpc) is 3.34. The summed E-state index contributed by atoms with van der Waals surface area (Å²) in [6.07, 6.45) is 0.652. The van der Waals surface area contributed by atoms with Crippen LogP contribution in [0.2, 0.25) is 0 Å². The first-order chi connectivity index (χ1) is 18.7. The zero-order valence-corrected chi connectivity index (χ0v) is 21.9. The highest BCUT2D eigenvalue weighted by molar-refractivity contribution is 5.90. The number of aldehydes is 1. The fraction of sp³-hybridized carbons (Fsp3) is 0.121. The third-order valence-corrected chi connectivity index (χ3v) is 6.72. The smallest absolute Gasteiger partial charge is 0.335 e. The molecule has 6 heteroatoms. The second-order valence-electron chi connectivity index (χ2n) is 10.4. The van der Waals surface area contributed by atoms with Gasteiger partial charge in [0.2, 0.25) is 0 Å². The Morgan fingerprint density at radius 3 is 1.97 bits per heavy atom. The second kappa shape index (κ2) is 10.1. The van der Waals surface area contributed by atoms with Gasteiger partial charge < -0.3 is 10.2 Å². The summed E-state index contributed by atoms with van der Waals surface area (Å²) in [5, 5.41) is 20.8. The van der Waals surface area contributed by atoms with Crippen LogP contribution in [-0.4, -0.2) is 32.0 Å². The molecule has 0 saturated heterocycles. The molecule has 4 aromatic carbocycles. The first-order valence-corrected chi connectivity index (χ1v) is 12.6. The number of carbonyl (C=O) groups is 2. The van der Waals surface area contributed by atoms with E-state index in [2.05, 4.69) is 0 Å². The predicted molar refractivity (Wildman–Crippen MR) is 153 cm³/mol. The van der Waals surface area contributed by atoms with Crippen LogP contribution < -0.4 is 0 Å². The number of benzene rings is 4. The maximum absolute atomic E-state index is 12.0. The van der Waals surface area contributed by atoms with Crippen LogP contribution in [0.1, 0.15) is 47.1 Å². The number of aromatic hydroxyl groups is 1. The molecule has 5 rings (SSSR count). The molecule has 6 nitrogen and oxygen atoms in total. The monoisotopic (exact) mass is 516 g/mol.